The van der Waals surface area contributed by atoms with E-state index >= 15 is 0 Å². The molecule has 1 aromatic carbocycles. The van der Waals surface area contributed by atoms with Crippen molar-refractivity contribution in [2.24, 2.45) is 11.7 Å². The van der Waals surface area contributed by atoms with Gasteiger partial charge in [0.15, 0.2) is 0 Å². The van der Waals surface area contributed by atoms with E-state index in [-0.39, 0.29) is 17.9 Å². The average molecular weight is 290 g/mol. The predicted molar refractivity (Wildman–Crippen MR) is 79.6 cm³/mol. The summed E-state index contributed by atoms with van der Waals surface area (Å²) in [5.74, 6) is -1.33. The number of carbonyl (C=O) groups excluding carboxylic acids is 1. The second-order valence-electron chi connectivity index (χ2n) is 5.70. The second-order valence-corrected chi connectivity index (χ2v) is 5.70. The number of benzene rings is 1. The number of carboxylic acid groups (broad SMARTS) is 1. The molecule has 0 radical (unpaired) electrons. The molecule has 21 heavy (non-hydrogen) atoms. The summed E-state index contributed by atoms with van der Waals surface area (Å²) in [7, 11) is 0. The van der Waals surface area contributed by atoms with Gasteiger partial charge in [0.2, 0.25) is 5.91 Å². The third-order valence-corrected chi connectivity index (χ3v) is 4.01. The zero-order valence-corrected chi connectivity index (χ0v) is 12.0. The van der Waals surface area contributed by atoms with Crippen LogP contribution in [0.3, 0.4) is 0 Å². The highest BCUT2D eigenvalue weighted by Crippen LogP contribution is 2.24. The van der Waals surface area contributed by atoms with Gasteiger partial charge in [-0.15, -0.1) is 0 Å². The van der Waals surface area contributed by atoms with Gasteiger partial charge in [0.1, 0.15) is 0 Å². The van der Waals surface area contributed by atoms with Crippen molar-refractivity contribution in [2.75, 3.05) is 0 Å². The Morgan fingerprint density at radius 1 is 1.29 bits per heavy atom. The number of hydrogen-bond donors (Lipinski definition) is 3. The summed E-state index contributed by atoms with van der Waals surface area (Å²) in [6.45, 7) is 0. The standard InChI is InChI=1S/C16H22N2O3/c17-14(9-11-5-2-1-3-6-11)15(19)18-13-8-4-7-12(10-13)16(20)21/h1-3,5-6,12-14H,4,7-10,17H2,(H,18,19)(H,20,21)/t12?,13?,14-/m0/s1. The third kappa shape index (κ3) is 4.56. The Morgan fingerprint density at radius 2 is 2.00 bits per heavy atom. The van der Waals surface area contributed by atoms with Crippen molar-refractivity contribution in [1.82, 2.24) is 5.32 Å². The summed E-state index contributed by atoms with van der Waals surface area (Å²) in [6.07, 6.45) is 3.34. The van der Waals surface area contributed by atoms with E-state index in [0.29, 0.717) is 19.3 Å². The molecule has 2 unspecified atom stereocenters. The van der Waals surface area contributed by atoms with Gasteiger partial charge in [0.25, 0.3) is 0 Å². The highest BCUT2D eigenvalue weighted by molar-refractivity contribution is 5.82. The third-order valence-electron chi connectivity index (χ3n) is 4.01. The molecule has 0 aliphatic heterocycles. The van der Waals surface area contributed by atoms with Gasteiger partial charge in [-0.25, -0.2) is 0 Å². The van der Waals surface area contributed by atoms with E-state index in [2.05, 4.69) is 5.32 Å². The predicted octanol–water partition coefficient (Wildman–Crippen LogP) is 1.32. The van der Waals surface area contributed by atoms with E-state index in [9.17, 15) is 9.59 Å². The fourth-order valence-corrected chi connectivity index (χ4v) is 2.81. The van der Waals surface area contributed by atoms with E-state index in [1.54, 1.807) is 0 Å². The smallest absolute Gasteiger partial charge is 0.306 e. The molecule has 1 fully saturated rings. The molecular formula is C16H22N2O3. The normalized spacial score (nSPS) is 23.3. The topological polar surface area (TPSA) is 92.4 Å². The Labute approximate surface area is 124 Å². The lowest BCUT2D eigenvalue weighted by Gasteiger charge is -2.28. The molecule has 0 bridgehead atoms. The van der Waals surface area contributed by atoms with Gasteiger partial charge in [-0.1, -0.05) is 36.8 Å². The van der Waals surface area contributed by atoms with Crippen LogP contribution in [0.5, 0.6) is 0 Å². The van der Waals surface area contributed by atoms with Gasteiger partial charge in [-0.2, -0.15) is 0 Å². The molecule has 0 aromatic heterocycles. The Kier molecular flexibility index (Phi) is 5.33. The first-order chi connectivity index (χ1) is 10.1. The van der Waals surface area contributed by atoms with Crippen molar-refractivity contribution in [3.05, 3.63) is 35.9 Å². The first-order valence-corrected chi connectivity index (χ1v) is 7.39. The summed E-state index contributed by atoms with van der Waals surface area (Å²) in [5.41, 5.74) is 6.95. The van der Waals surface area contributed by atoms with E-state index in [4.69, 9.17) is 10.8 Å². The number of hydrogen-bond acceptors (Lipinski definition) is 3. The number of carboxylic acids is 1. The summed E-state index contributed by atoms with van der Waals surface area (Å²) in [6, 6.07) is 8.95. The number of amides is 1. The SMILES string of the molecule is N[C@@H](Cc1ccccc1)C(=O)NC1CCCC(C(=O)O)C1. The van der Waals surface area contributed by atoms with Gasteiger partial charge in [0, 0.05) is 6.04 Å². The lowest BCUT2D eigenvalue weighted by atomic mass is 9.85. The van der Waals surface area contributed by atoms with Crippen LogP contribution in [0.25, 0.3) is 0 Å². The van der Waals surface area contributed by atoms with Crippen molar-refractivity contribution >= 4 is 11.9 Å². The monoisotopic (exact) mass is 290 g/mol. The first kappa shape index (κ1) is 15.5. The van der Waals surface area contributed by atoms with Crippen LogP contribution < -0.4 is 11.1 Å². The lowest BCUT2D eigenvalue weighted by Crippen LogP contribution is -2.48. The average Bonchev–Trinajstić information content (AvgIpc) is 2.48. The molecule has 1 aliphatic carbocycles. The maximum absolute atomic E-state index is 12.1. The van der Waals surface area contributed by atoms with Crippen LogP contribution in [-0.2, 0) is 16.0 Å². The number of aliphatic carboxylic acids is 1. The van der Waals surface area contributed by atoms with Crippen LogP contribution in [0, 0.1) is 5.92 Å². The summed E-state index contributed by atoms with van der Waals surface area (Å²) >= 11 is 0. The molecule has 1 aliphatic rings. The lowest BCUT2D eigenvalue weighted by molar-refractivity contribution is -0.143. The van der Waals surface area contributed by atoms with E-state index in [1.165, 1.54) is 0 Å². The quantitative estimate of drug-likeness (QED) is 0.762. The van der Waals surface area contributed by atoms with E-state index < -0.39 is 12.0 Å². The number of nitrogens with one attached hydrogen (secondary N) is 1. The molecule has 1 saturated carbocycles. The van der Waals surface area contributed by atoms with Gasteiger partial charge in [-0.3, -0.25) is 9.59 Å². The molecule has 3 atom stereocenters. The highest BCUT2D eigenvalue weighted by atomic mass is 16.4. The second kappa shape index (κ2) is 7.22. The zero-order valence-electron chi connectivity index (χ0n) is 12.0. The molecule has 5 nitrogen and oxygen atoms in total. The van der Waals surface area contributed by atoms with E-state index in [0.717, 1.165) is 18.4 Å². The Morgan fingerprint density at radius 3 is 2.67 bits per heavy atom. The molecule has 1 aromatic rings. The minimum absolute atomic E-state index is 0.0748. The summed E-state index contributed by atoms with van der Waals surface area (Å²) in [4.78, 5) is 23.1. The molecular weight excluding hydrogens is 268 g/mol. The molecule has 1 amide bonds. The van der Waals surface area contributed by atoms with Crippen LogP contribution >= 0.6 is 0 Å². The largest absolute Gasteiger partial charge is 0.481 e. The van der Waals surface area contributed by atoms with Crippen molar-refractivity contribution in [2.45, 2.75) is 44.2 Å². The van der Waals surface area contributed by atoms with Crippen LogP contribution in [0.15, 0.2) is 30.3 Å². The fourth-order valence-electron chi connectivity index (χ4n) is 2.81. The number of rotatable bonds is 5. The van der Waals surface area contributed by atoms with Crippen molar-refractivity contribution < 1.29 is 14.7 Å². The number of carbonyl (C=O) groups is 2. The van der Waals surface area contributed by atoms with Crippen LogP contribution in [0.4, 0.5) is 0 Å². The Balaban J connectivity index is 1.84. The van der Waals surface area contributed by atoms with Crippen molar-refractivity contribution in [1.29, 1.82) is 0 Å². The first-order valence-electron chi connectivity index (χ1n) is 7.39. The molecule has 2 rings (SSSR count). The van der Waals surface area contributed by atoms with Crippen LogP contribution in [0.2, 0.25) is 0 Å². The van der Waals surface area contributed by atoms with Gasteiger partial charge in [-0.05, 0) is 31.2 Å². The van der Waals surface area contributed by atoms with Crippen LogP contribution in [-0.4, -0.2) is 29.1 Å². The van der Waals surface area contributed by atoms with Crippen molar-refractivity contribution in [3.8, 4) is 0 Å². The Bertz CT molecular complexity index is 490. The Hall–Kier alpha value is -1.88. The maximum Gasteiger partial charge on any atom is 0.306 e. The number of nitrogens with two attached hydrogens (primary N) is 1. The van der Waals surface area contributed by atoms with Gasteiger partial charge >= 0.3 is 5.97 Å². The molecule has 4 N–H and O–H groups in total. The van der Waals surface area contributed by atoms with E-state index in [1.807, 2.05) is 30.3 Å². The zero-order chi connectivity index (χ0) is 15.2. The highest BCUT2D eigenvalue weighted by Gasteiger charge is 2.28. The van der Waals surface area contributed by atoms with Crippen LogP contribution in [0.1, 0.15) is 31.2 Å². The molecule has 0 saturated heterocycles. The van der Waals surface area contributed by atoms with Gasteiger partial charge in [0.05, 0.1) is 12.0 Å². The molecule has 0 spiro atoms. The van der Waals surface area contributed by atoms with Gasteiger partial charge < -0.3 is 16.2 Å². The minimum Gasteiger partial charge on any atom is -0.481 e. The molecule has 114 valence electrons. The summed E-state index contributed by atoms with van der Waals surface area (Å²) in [5, 5.41) is 12.0. The fraction of sp³-hybridized carbons (Fsp3) is 0.500. The summed E-state index contributed by atoms with van der Waals surface area (Å²) < 4.78 is 0. The van der Waals surface area contributed by atoms with Crippen molar-refractivity contribution in [3.63, 3.8) is 0 Å². The maximum atomic E-state index is 12.1. The molecule has 0 heterocycles. The molecule has 5 heteroatoms. The minimum atomic E-state index is -0.775.